The summed E-state index contributed by atoms with van der Waals surface area (Å²) in [5, 5.41) is 14.8. The van der Waals surface area contributed by atoms with Crippen LogP contribution in [0.15, 0.2) is 54.6 Å². The van der Waals surface area contributed by atoms with Crippen molar-refractivity contribution in [1.82, 2.24) is 25.1 Å². The van der Waals surface area contributed by atoms with Crippen LogP contribution in [-0.2, 0) is 4.79 Å². The molecule has 8 nitrogen and oxygen atoms in total. The van der Waals surface area contributed by atoms with Crippen LogP contribution in [0.2, 0.25) is 0 Å². The highest BCUT2D eigenvalue weighted by atomic mass is 19.1. The van der Waals surface area contributed by atoms with Gasteiger partial charge in [0.05, 0.1) is 12.2 Å². The van der Waals surface area contributed by atoms with Crippen LogP contribution >= 0.6 is 0 Å². The van der Waals surface area contributed by atoms with Crippen molar-refractivity contribution in [2.24, 2.45) is 0 Å². The van der Waals surface area contributed by atoms with Gasteiger partial charge in [-0.25, -0.2) is 4.39 Å². The van der Waals surface area contributed by atoms with Crippen LogP contribution < -0.4 is 10.2 Å². The van der Waals surface area contributed by atoms with Gasteiger partial charge in [-0.2, -0.15) is 4.68 Å². The summed E-state index contributed by atoms with van der Waals surface area (Å²) in [7, 11) is 0. The molecule has 1 N–H and O–H groups in total. The Kier molecular flexibility index (Phi) is 5.24. The van der Waals surface area contributed by atoms with E-state index in [2.05, 4.69) is 30.6 Å². The van der Waals surface area contributed by atoms with Gasteiger partial charge in [-0.05, 0) is 40.8 Å². The highest BCUT2D eigenvalue weighted by Crippen LogP contribution is 2.17. The van der Waals surface area contributed by atoms with Crippen molar-refractivity contribution in [2.45, 2.75) is 0 Å². The number of hydrogen-bond donors (Lipinski definition) is 1. The number of rotatable bonds is 5. The van der Waals surface area contributed by atoms with E-state index in [4.69, 9.17) is 0 Å². The molecule has 0 aliphatic carbocycles. The minimum atomic E-state index is -0.373. The largest absolute Gasteiger partial charge is 0.337 e. The Morgan fingerprint density at radius 3 is 2.57 bits per heavy atom. The molecule has 1 aliphatic heterocycles. The summed E-state index contributed by atoms with van der Waals surface area (Å²) in [6, 6.07) is 15.6. The maximum absolute atomic E-state index is 13.2. The third-order valence-electron chi connectivity index (χ3n) is 4.58. The van der Waals surface area contributed by atoms with Crippen LogP contribution in [0.5, 0.6) is 0 Å². The van der Waals surface area contributed by atoms with Crippen molar-refractivity contribution in [2.75, 3.05) is 42.9 Å². The minimum Gasteiger partial charge on any atom is -0.337 e. The van der Waals surface area contributed by atoms with Crippen LogP contribution in [0.4, 0.5) is 16.0 Å². The molecule has 28 heavy (non-hydrogen) atoms. The number of amides is 1. The number of aromatic nitrogens is 4. The molecule has 1 amide bonds. The number of anilines is 2. The van der Waals surface area contributed by atoms with E-state index in [-0.39, 0.29) is 18.3 Å². The highest BCUT2D eigenvalue weighted by molar-refractivity contribution is 5.92. The van der Waals surface area contributed by atoms with E-state index >= 15 is 0 Å². The number of carbonyl (C=O) groups excluding carboxylic acids is 1. The van der Waals surface area contributed by atoms with Gasteiger partial charge in [-0.3, -0.25) is 9.69 Å². The Morgan fingerprint density at radius 2 is 1.82 bits per heavy atom. The van der Waals surface area contributed by atoms with Gasteiger partial charge in [0.1, 0.15) is 5.82 Å². The van der Waals surface area contributed by atoms with Crippen LogP contribution in [0.3, 0.4) is 0 Å². The molecule has 1 fully saturated rings. The molecule has 0 radical (unpaired) electrons. The first-order chi connectivity index (χ1) is 13.7. The molecule has 9 heteroatoms. The Balaban J connectivity index is 1.33. The molecule has 0 saturated carbocycles. The summed E-state index contributed by atoms with van der Waals surface area (Å²) in [5.74, 6) is 0.158. The van der Waals surface area contributed by atoms with Crippen molar-refractivity contribution in [3.05, 3.63) is 60.4 Å². The molecule has 2 aromatic carbocycles. The summed E-state index contributed by atoms with van der Waals surface area (Å²) in [5.41, 5.74) is 1.37. The van der Waals surface area contributed by atoms with E-state index in [1.807, 2.05) is 30.3 Å². The zero-order valence-corrected chi connectivity index (χ0v) is 15.2. The SMILES string of the molecule is O=C(CN1CCN(c2nnnn2-c2ccccc2)CC1)Nc1cccc(F)c1. The fraction of sp³-hybridized carbons (Fsp3) is 0.263. The van der Waals surface area contributed by atoms with Gasteiger partial charge in [0.25, 0.3) is 0 Å². The molecule has 1 aromatic heterocycles. The zero-order valence-electron chi connectivity index (χ0n) is 15.2. The summed E-state index contributed by atoms with van der Waals surface area (Å²) in [4.78, 5) is 16.4. The number of piperazine rings is 1. The number of nitrogens with zero attached hydrogens (tertiary/aromatic N) is 6. The lowest BCUT2D eigenvalue weighted by Crippen LogP contribution is -2.49. The Morgan fingerprint density at radius 1 is 1.04 bits per heavy atom. The lowest BCUT2D eigenvalue weighted by atomic mass is 10.3. The van der Waals surface area contributed by atoms with Gasteiger partial charge in [0.2, 0.25) is 11.9 Å². The molecule has 144 valence electrons. The lowest BCUT2D eigenvalue weighted by molar-refractivity contribution is -0.117. The van der Waals surface area contributed by atoms with E-state index in [1.165, 1.54) is 12.1 Å². The topological polar surface area (TPSA) is 79.2 Å². The second-order valence-corrected chi connectivity index (χ2v) is 6.55. The Bertz CT molecular complexity index is 938. The van der Waals surface area contributed by atoms with E-state index in [9.17, 15) is 9.18 Å². The number of halogens is 1. The number of benzene rings is 2. The number of tetrazole rings is 1. The maximum Gasteiger partial charge on any atom is 0.250 e. The summed E-state index contributed by atoms with van der Waals surface area (Å²) in [6.45, 7) is 3.09. The van der Waals surface area contributed by atoms with Gasteiger partial charge in [0.15, 0.2) is 0 Å². The van der Waals surface area contributed by atoms with Crippen LogP contribution in [-0.4, -0.2) is 63.7 Å². The smallest absolute Gasteiger partial charge is 0.250 e. The predicted octanol–water partition coefficient (Wildman–Crippen LogP) is 1.56. The predicted molar refractivity (Wildman–Crippen MR) is 103 cm³/mol. The average Bonchev–Trinajstić information content (AvgIpc) is 3.19. The molecule has 0 spiro atoms. The van der Waals surface area contributed by atoms with Crippen molar-refractivity contribution >= 4 is 17.5 Å². The van der Waals surface area contributed by atoms with Crippen molar-refractivity contribution < 1.29 is 9.18 Å². The molecule has 4 rings (SSSR count). The number of para-hydroxylation sites is 1. The average molecular weight is 381 g/mol. The first kappa shape index (κ1) is 18.1. The molecule has 3 aromatic rings. The first-order valence-corrected chi connectivity index (χ1v) is 9.05. The third kappa shape index (κ3) is 4.15. The third-order valence-corrected chi connectivity index (χ3v) is 4.58. The normalized spacial score (nSPS) is 14.8. The zero-order chi connectivity index (χ0) is 19.3. The molecule has 0 unspecified atom stereocenters. The van der Waals surface area contributed by atoms with Gasteiger partial charge < -0.3 is 10.2 Å². The standard InChI is InChI=1S/C19H20FN7O/c20-15-5-4-6-16(13-15)21-18(28)14-25-9-11-26(12-10-25)19-22-23-24-27(19)17-7-2-1-3-8-17/h1-8,13H,9-12,14H2,(H,21,28). The fourth-order valence-corrected chi connectivity index (χ4v) is 3.19. The molecular formula is C19H20FN7O. The van der Waals surface area contributed by atoms with E-state index in [0.717, 1.165) is 5.69 Å². The van der Waals surface area contributed by atoms with Crippen molar-refractivity contribution in [3.8, 4) is 5.69 Å². The maximum atomic E-state index is 13.2. The molecule has 0 bridgehead atoms. The monoisotopic (exact) mass is 381 g/mol. The van der Waals surface area contributed by atoms with E-state index in [0.29, 0.717) is 37.8 Å². The Labute approximate surface area is 161 Å². The van der Waals surface area contributed by atoms with E-state index in [1.54, 1.807) is 16.8 Å². The van der Waals surface area contributed by atoms with Crippen molar-refractivity contribution in [3.63, 3.8) is 0 Å². The number of nitrogens with one attached hydrogen (secondary N) is 1. The van der Waals surface area contributed by atoms with Gasteiger partial charge in [-0.1, -0.05) is 29.4 Å². The summed E-state index contributed by atoms with van der Waals surface area (Å²) in [6.07, 6.45) is 0. The lowest BCUT2D eigenvalue weighted by Gasteiger charge is -2.34. The number of carbonyl (C=O) groups is 1. The first-order valence-electron chi connectivity index (χ1n) is 9.05. The molecular weight excluding hydrogens is 361 g/mol. The van der Waals surface area contributed by atoms with Crippen LogP contribution in [0.25, 0.3) is 5.69 Å². The van der Waals surface area contributed by atoms with Gasteiger partial charge >= 0.3 is 0 Å². The van der Waals surface area contributed by atoms with Gasteiger partial charge in [0, 0.05) is 31.9 Å². The summed E-state index contributed by atoms with van der Waals surface area (Å²) < 4.78 is 14.9. The molecule has 2 heterocycles. The second kappa shape index (κ2) is 8.13. The molecule has 1 saturated heterocycles. The Hall–Kier alpha value is -3.33. The summed E-state index contributed by atoms with van der Waals surface area (Å²) >= 11 is 0. The molecule has 0 atom stereocenters. The van der Waals surface area contributed by atoms with Crippen LogP contribution in [0, 0.1) is 5.82 Å². The highest BCUT2D eigenvalue weighted by Gasteiger charge is 2.23. The van der Waals surface area contributed by atoms with Gasteiger partial charge in [-0.15, -0.1) is 0 Å². The minimum absolute atomic E-state index is 0.159. The van der Waals surface area contributed by atoms with Crippen molar-refractivity contribution in [1.29, 1.82) is 0 Å². The van der Waals surface area contributed by atoms with Crippen LogP contribution in [0.1, 0.15) is 0 Å². The second-order valence-electron chi connectivity index (χ2n) is 6.55. The number of hydrogen-bond acceptors (Lipinski definition) is 6. The molecule has 1 aliphatic rings. The quantitative estimate of drug-likeness (QED) is 0.723. The van der Waals surface area contributed by atoms with E-state index < -0.39 is 0 Å². The fourth-order valence-electron chi connectivity index (χ4n) is 3.19.